The second kappa shape index (κ2) is 4.84. The van der Waals surface area contributed by atoms with Gasteiger partial charge in [0, 0.05) is 5.75 Å². The number of carbonyl (C=O) groups excluding carboxylic acids is 2. The fourth-order valence-electron chi connectivity index (χ4n) is 0.606. The number of hydrogen-bond donors (Lipinski definition) is 1. The highest BCUT2D eigenvalue weighted by Gasteiger charge is 2.24. The van der Waals surface area contributed by atoms with Gasteiger partial charge in [-0.1, -0.05) is 11.8 Å². The number of thioether (sulfide) groups is 1. The van der Waals surface area contributed by atoms with Crippen LogP contribution in [0.15, 0.2) is 22.8 Å². The third-order valence-electron chi connectivity index (χ3n) is 1.37. The summed E-state index contributed by atoms with van der Waals surface area (Å²) in [5.41, 5.74) is 5.15. The van der Waals surface area contributed by atoms with E-state index < -0.39 is 0 Å². The first-order valence-corrected chi connectivity index (χ1v) is 4.63. The number of carbonyl (C=O) groups is 2. The van der Waals surface area contributed by atoms with Crippen molar-refractivity contribution in [2.75, 3.05) is 5.75 Å². The third kappa shape index (κ3) is 3.04. The molecule has 2 N–H and O–H groups in total. The molecule has 5 heteroatoms. The highest BCUT2D eigenvalue weighted by molar-refractivity contribution is 8.16. The summed E-state index contributed by atoms with van der Waals surface area (Å²) in [5.74, 6) is 1.19. The summed E-state index contributed by atoms with van der Waals surface area (Å²) in [6.07, 6.45) is 2.13. The molecule has 70 valence electrons. The zero-order valence-electron chi connectivity index (χ0n) is 6.80. The fourth-order valence-corrected chi connectivity index (χ4v) is 1.10. The zero-order chi connectivity index (χ0) is 9.68. The van der Waals surface area contributed by atoms with Gasteiger partial charge in [-0.3, -0.25) is 9.59 Å². The molecule has 13 heavy (non-hydrogen) atoms. The van der Waals surface area contributed by atoms with E-state index in [1.54, 1.807) is 12.1 Å². The van der Waals surface area contributed by atoms with Crippen molar-refractivity contribution in [1.29, 1.82) is 0 Å². The molecular weight excluding hydrogens is 190 g/mol. The first-order chi connectivity index (χ1) is 6.24. The smallest absolute Gasteiger partial charge is 0.206 e. The Bertz CT molecular complexity index is 284. The molecule has 0 aromatic carbocycles. The molecule has 0 saturated carbocycles. The van der Waals surface area contributed by atoms with E-state index in [4.69, 9.17) is 5.73 Å². The van der Waals surface area contributed by atoms with Gasteiger partial charge in [0.05, 0.1) is 12.3 Å². The predicted molar refractivity (Wildman–Crippen MR) is 49.5 cm³/mol. The second-order valence-electron chi connectivity index (χ2n) is 2.37. The molecule has 1 fully saturated rings. The van der Waals surface area contributed by atoms with Gasteiger partial charge in [-0.2, -0.15) is 0 Å². The molecule has 0 bridgehead atoms. The van der Waals surface area contributed by atoms with Gasteiger partial charge in [-0.15, -0.1) is 0 Å². The Hall–Kier alpha value is -1.07. The highest BCUT2D eigenvalue weighted by atomic mass is 32.2. The van der Waals surface area contributed by atoms with Crippen LogP contribution in [0, 0.1) is 0 Å². The van der Waals surface area contributed by atoms with E-state index in [9.17, 15) is 9.59 Å². The quantitative estimate of drug-likeness (QED) is 0.673. The summed E-state index contributed by atoms with van der Waals surface area (Å²) in [6, 6.07) is 3.13. The van der Waals surface area contributed by atoms with Gasteiger partial charge in [0.2, 0.25) is 5.12 Å². The molecular formula is C8H9NO3S. The van der Waals surface area contributed by atoms with Crippen LogP contribution in [-0.2, 0) is 4.79 Å². The summed E-state index contributed by atoms with van der Waals surface area (Å²) in [4.78, 5) is 19.8. The number of hydrogen-bond acceptors (Lipinski definition) is 5. The van der Waals surface area contributed by atoms with Crippen LogP contribution in [0.2, 0.25) is 0 Å². The molecule has 0 radical (unpaired) electrons. The average Bonchev–Trinajstić information content (AvgIpc) is 2.68. The molecule has 1 aliphatic heterocycles. The molecule has 1 saturated heterocycles. The second-order valence-corrected chi connectivity index (χ2v) is 3.39. The van der Waals surface area contributed by atoms with Crippen molar-refractivity contribution in [3.63, 3.8) is 0 Å². The van der Waals surface area contributed by atoms with Crippen LogP contribution in [0.5, 0.6) is 0 Å². The van der Waals surface area contributed by atoms with E-state index in [1.807, 2.05) is 0 Å². The molecule has 0 aliphatic carbocycles. The van der Waals surface area contributed by atoms with Crippen molar-refractivity contribution >= 4 is 23.2 Å². The van der Waals surface area contributed by atoms with Gasteiger partial charge in [0.25, 0.3) is 0 Å². The van der Waals surface area contributed by atoms with Gasteiger partial charge in [-0.05, 0) is 12.1 Å². The minimum absolute atomic E-state index is 0.134. The summed E-state index contributed by atoms with van der Waals surface area (Å²) in [5, 5.41) is 0.134. The van der Waals surface area contributed by atoms with Crippen LogP contribution in [0.1, 0.15) is 10.6 Å². The molecule has 4 nitrogen and oxygen atoms in total. The van der Waals surface area contributed by atoms with E-state index in [-0.39, 0.29) is 11.2 Å². The van der Waals surface area contributed by atoms with Crippen molar-refractivity contribution < 1.29 is 14.0 Å². The SMILES string of the molecule is NC1CSC1=O.O=Cc1ccco1. The molecule has 1 aliphatic rings. The van der Waals surface area contributed by atoms with Crippen molar-refractivity contribution in [2.45, 2.75) is 6.04 Å². The van der Waals surface area contributed by atoms with E-state index in [0.717, 1.165) is 5.75 Å². The first kappa shape index (κ1) is 10.0. The summed E-state index contributed by atoms with van der Waals surface area (Å²) in [7, 11) is 0. The van der Waals surface area contributed by atoms with Crippen LogP contribution in [0.3, 0.4) is 0 Å². The van der Waals surface area contributed by atoms with Gasteiger partial charge in [0.15, 0.2) is 12.0 Å². The maximum atomic E-state index is 10.1. The van der Waals surface area contributed by atoms with Crippen LogP contribution >= 0.6 is 11.8 Å². The third-order valence-corrected chi connectivity index (χ3v) is 2.48. The zero-order valence-corrected chi connectivity index (χ0v) is 7.62. The van der Waals surface area contributed by atoms with Crippen LogP contribution < -0.4 is 5.73 Å². The number of aldehydes is 1. The summed E-state index contributed by atoms with van der Waals surface area (Å²) in [6.45, 7) is 0. The topological polar surface area (TPSA) is 73.3 Å². The Morgan fingerprint density at radius 2 is 2.38 bits per heavy atom. The molecule has 1 aromatic rings. The van der Waals surface area contributed by atoms with E-state index in [0.29, 0.717) is 12.0 Å². The predicted octanol–water partition coefficient (Wildman–Crippen LogP) is 0.679. The lowest BCUT2D eigenvalue weighted by atomic mass is 10.4. The largest absolute Gasteiger partial charge is 0.462 e. The van der Waals surface area contributed by atoms with Crippen LogP contribution in [0.4, 0.5) is 0 Å². The molecule has 2 heterocycles. The van der Waals surface area contributed by atoms with E-state index in [2.05, 4.69) is 4.42 Å². The summed E-state index contributed by atoms with van der Waals surface area (Å²) >= 11 is 1.30. The standard InChI is InChI=1S/C5H4O2.C3H5NOS/c6-4-5-2-1-3-7-5;4-2-1-6-3(2)5/h1-4H;2H,1,4H2. The lowest BCUT2D eigenvalue weighted by molar-refractivity contribution is -0.112. The Morgan fingerprint density at radius 1 is 1.69 bits per heavy atom. The Kier molecular flexibility index (Phi) is 3.72. The molecule has 1 atom stereocenters. The maximum Gasteiger partial charge on any atom is 0.206 e. The minimum Gasteiger partial charge on any atom is -0.462 e. The monoisotopic (exact) mass is 199 g/mol. The number of nitrogens with two attached hydrogens (primary N) is 1. The summed E-state index contributed by atoms with van der Waals surface area (Å²) < 4.78 is 4.61. The Balaban J connectivity index is 0.000000132. The van der Waals surface area contributed by atoms with Crippen molar-refractivity contribution in [2.24, 2.45) is 5.73 Å². The van der Waals surface area contributed by atoms with Gasteiger partial charge in [0.1, 0.15) is 0 Å². The van der Waals surface area contributed by atoms with Crippen LogP contribution in [-0.4, -0.2) is 23.2 Å². The maximum absolute atomic E-state index is 10.1. The normalized spacial score (nSPS) is 19.8. The molecule has 1 unspecified atom stereocenters. The molecule has 2 rings (SSSR count). The number of furan rings is 1. The number of rotatable bonds is 1. The van der Waals surface area contributed by atoms with Gasteiger partial charge < -0.3 is 10.2 Å². The fraction of sp³-hybridized carbons (Fsp3) is 0.250. The average molecular weight is 199 g/mol. The molecule has 0 amide bonds. The van der Waals surface area contributed by atoms with Crippen molar-refractivity contribution in [3.05, 3.63) is 24.2 Å². The van der Waals surface area contributed by atoms with Gasteiger partial charge >= 0.3 is 0 Å². The molecule has 0 spiro atoms. The van der Waals surface area contributed by atoms with Gasteiger partial charge in [-0.25, -0.2) is 0 Å². The molecule has 1 aromatic heterocycles. The van der Waals surface area contributed by atoms with E-state index >= 15 is 0 Å². The minimum atomic E-state index is -0.144. The highest BCUT2D eigenvalue weighted by Crippen LogP contribution is 2.17. The Morgan fingerprint density at radius 3 is 2.54 bits per heavy atom. The lowest BCUT2D eigenvalue weighted by Crippen LogP contribution is -2.39. The van der Waals surface area contributed by atoms with E-state index in [1.165, 1.54) is 18.0 Å². The van der Waals surface area contributed by atoms with Crippen LogP contribution in [0.25, 0.3) is 0 Å². The van der Waals surface area contributed by atoms with Crippen molar-refractivity contribution in [1.82, 2.24) is 0 Å². The first-order valence-electron chi connectivity index (χ1n) is 3.65. The Labute approximate surface area is 79.5 Å². The lowest BCUT2D eigenvalue weighted by Gasteiger charge is -2.16. The van der Waals surface area contributed by atoms with Crippen molar-refractivity contribution in [3.8, 4) is 0 Å².